The van der Waals surface area contributed by atoms with Crippen LogP contribution < -0.4 is 4.74 Å². The number of hydrogen-bond donors (Lipinski definition) is 1. The summed E-state index contributed by atoms with van der Waals surface area (Å²) >= 11 is 0. The van der Waals surface area contributed by atoms with Gasteiger partial charge in [-0.2, -0.15) is 13.2 Å². The van der Waals surface area contributed by atoms with Crippen molar-refractivity contribution in [1.82, 2.24) is 4.90 Å². The molecule has 2 unspecified atom stereocenters. The fraction of sp³-hybridized carbons (Fsp3) is 0.625. The smallest absolute Gasteiger partial charge is 0.422 e. The second kappa shape index (κ2) is 5.42. The van der Waals surface area contributed by atoms with Gasteiger partial charge in [-0.15, -0.1) is 0 Å². The molecule has 0 spiro atoms. The topological polar surface area (TPSA) is 32.7 Å². The van der Waals surface area contributed by atoms with Crippen molar-refractivity contribution in [1.29, 1.82) is 0 Å². The highest BCUT2D eigenvalue weighted by Crippen LogP contribution is 2.45. The van der Waals surface area contributed by atoms with E-state index in [2.05, 4.69) is 11.9 Å². The zero-order valence-corrected chi connectivity index (χ0v) is 12.4. The maximum atomic E-state index is 12.1. The zero-order valence-electron chi connectivity index (χ0n) is 12.4. The molecule has 2 fully saturated rings. The molecule has 0 aliphatic carbocycles. The lowest BCUT2D eigenvalue weighted by Crippen LogP contribution is -2.47. The van der Waals surface area contributed by atoms with Crippen LogP contribution in [0.15, 0.2) is 24.3 Å². The lowest BCUT2D eigenvalue weighted by atomic mass is 9.81. The predicted octanol–water partition coefficient (Wildman–Crippen LogP) is 3.07. The zero-order chi connectivity index (χ0) is 16.0. The molecule has 0 amide bonds. The molecule has 3 rings (SSSR count). The van der Waals surface area contributed by atoms with Crippen molar-refractivity contribution >= 4 is 0 Å². The van der Waals surface area contributed by atoms with E-state index in [0.29, 0.717) is 24.9 Å². The largest absolute Gasteiger partial charge is 0.484 e. The number of nitrogens with zero attached hydrogens (tertiary/aromatic N) is 1. The third-order valence-corrected chi connectivity index (χ3v) is 4.93. The van der Waals surface area contributed by atoms with Gasteiger partial charge in [-0.05, 0) is 50.4 Å². The molecule has 2 atom stereocenters. The van der Waals surface area contributed by atoms with Crippen LogP contribution in [0.1, 0.15) is 31.2 Å². The highest BCUT2D eigenvalue weighted by molar-refractivity contribution is 5.32. The molecule has 22 heavy (non-hydrogen) atoms. The van der Waals surface area contributed by atoms with Crippen LogP contribution in [-0.2, 0) is 5.60 Å². The lowest BCUT2D eigenvalue weighted by molar-refractivity contribution is -0.153. The van der Waals surface area contributed by atoms with Gasteiger partial charge in [-0.1, -0.05) is 12.1 Å². The quantitative estimate of drug-likeness (QED) is 0.930. The van der Waals surface area contributed by atoms with Gasteiger partial charge in [0.25, 0.3) is 0 Å². The number of ether oxygens (including phenoxy) is 1. The molecule has 0 saturated carbocycles. The van der Waals surface area contributed by atoms with Gasteiger partial charge in [-0.3, -0.25) is 0 Å². The Labute approximate surface area is 127 Å². The Hall–Kier alpha value is -1.27. The summed E-state index contributed by atoms with van der Waals surface area (Å²) in [5.41, 5.74) is -0.127. The Morgan fingerprint density at radius 2 is 1.73 bits per heavy atom. The van der Waals surface area contributed by atoms with Crippen LogP contribution in [0.3, 0.4) is 0 Å². The molecule has 0 radical (unpaired) electrons. The summed E-state index contributed by atoms with van der Waals surface area (Å²) < 4.78 is 41.1. The molecule has 2 aliphatic heterocycles. The van der Waals surface area contributed by atoms with Crippen molar-refractivity contribution in [2.24, 2.45) is 0 Å². The van der Waals surface area contributed by atoms with Crippen molar-refractivity contribution in [2.45, 2.75) is 49.5 Å². The van der Waals surface area contributed by atoms with Gasteiger partial charge in [0, 0.05) is 12.1 Å². The first kappa shape index (κ1) is 15.6. The fourth-order valence-corrected chi connectivity index (χ4v) is 3.71. The summed E-state index contributed by atoms with van der Waals surface area (Å²) in [6.45, 7) is -1.30. The highest BCUT2D eigenvalue weighted by atomic mass is 19.4. The highest BCUT2D eigenvalue weighted by Gasteiger charge is 2.46. The minimum Gasteiger partial charge on any atom is -0.484 e. The van der Waals surface area contributed by atoms with Crippen molar-refractivity contribution in [3.63, 3.8) is 0 Å². The van der Waals surface area contributed by atoms with Gasteiger partial charge in [0.2, 0.25) is 0 Å². The molecule has 1 aromatic rings. The first-order valence-electron chi connectivity index (χ1n) is 7.51. The summed E-state index contributed by atoms with van der Waals surface area (Å²) in [4.78, 5) is 2.33. The predicted molar refractivity (Wildman–Crippen MR) is 75.7 cm³/mol. The molecule has 6 heteroatoms. The van der Waals surface area contributed by atoms with E-state index in [1.54, 1.807) is 12.1 Å². The van der Waals surface area contributed by atoms with Crippen molar-refractivity contribution in [3.8, 4) is 5.75 Å². The summed E-state index contributed by atoms with van der Waals surface area (Å²) in [5, 5.41) is 10.9. The lowest BCUT2D eigenvalue weighted by Gasteiger charge is -2.42. The maximum absolute atomic E-state index is 12.1. The van der Waals surface area contributed by atoms with Crippen LogP contribution in [0.4, 0.5) is 13.2 Å². The van der Waals surface area contributed by atoms with E-state index in [-0.39, 0.29) is 5.75 Å². The normalized spacial score (nSPS) is 32.2. The Morgan fingerprint density at radius 1 is 1.18 bits per heavy atom. The Kier molecular flexibility index (Phi) is 3.85. The number of fused-ring (bicyclic) bond motifs is 2. The molecule has 1 N–H and O–H groups in total. The second-order valence-electron chi connectivity index (χ2n) is 6.42. The fourth-order valence-electron chi connectivity index (χ4n) is 3.71. The summed E-state index contributed by atoms with van der Waals surface area (Å²) in [7, 11) is 2.09. The summed E-state index contributed by atoms with van der Waals surface area (Å²) in [6, 6.07) is 7.11. The van der Waals surface area contributed by atoms with Gasteiger partial charge in [-0.25, -0.2) is 0 Å². The van der Waals surface area contributed by atoms with Crippen LogP contribution in [0.5, 0.6) is 5.75 Å². The number of benzene rings is 1. The Balaban J connectivity index is 1.70. The molecule has 3 nitrogen and oxygen atoms in total. The Bertz CT molecular complexity index is 515. The van der Waals surface area contributed by atoms with Gasteiger partial charge in [0.1, 0.15) is 5.75 Å². The van der Waals surface area contributed by atoms with Crippen molar-refractivity contribution < 1.29 is 23.0 Å². The van der Waals surface area contributed by atoms with E-state index < -0.39 is 18.4 Å². The number of piperidine rings is 1. The third kappa shape index (κ3) is 3.08. The van der Waals surface area contributed by atoms with Crippen LogP contribution in [0, 0.1) is 0 Å². The molecular formula is C16H20F3NO2. The van der Waals surface area contributed by atoms with Gasteiger partial charge < -0.3 is 14.7 Å². The number of halogens is 3. The molecule has 2 aliphatic rings. The molecule has 2 saturated heterocycles. The van der Waals surface area contributed by atoms with E-state index in [9.17, 15) is 18.3 Å². The minimum atomic E-state index is -4.34. The van der Waals surface area contributed by atoms with Crippen molar-refractivity contribution in [3.05, 3.63) is 29.8 Å². The third-order valence-electron chi connectivity index (χ3n) is 4.93. The van der Waals surface area contributed by atoms with Gasteiger partial charge in [0.05, 0.1) is 5.60 Å². The average Bonchev–Trinajstić information content (AvgIpc) is 2.68. The van der Waals surface area contributed by atoms with Crippen LogP contribution in [-0.4, -0.2) is 41.9 Å². The first-order valence-corrected chi connectivity index (χ1v) is 7.51. The number of hydrogen-bond acceptors (Lipinski definition) is 3. The average molecular weight is 315 g/mol. The van der Waals surface area contributed by atoms with Crippen LogP contribution in [0.2, 0.25) is 0 Å². The van der Waals surface area contributed by atoms with Gasteiger partial charge in [0.15, 0.2) is 6.61 Å². The number of rotatable bonds is 3. The second-order valence-corrected chi connectivity index (χ2v) is 6.42. The number of alkyl halides is 3. The molecule has 2 bridgehead atoms. The van der Waals surface area contributed by atoms with E-state index in [4.69, 9.17) is 4.74 Å². The summed E-state index contributed by atoms with van der Waals surface area (Å²) in [6.07, 6.45) is -0.817. The van der Waals surface area contributed by atoms with E-state index in [1.807, 2.05) is 0 Å². The van der Waals surface area contributed by atoms with E-state index >= 15 is 0 Å². The number of aliphatic hydroxyl groups is 1. The monoisotopic (exact) mass is 315 g/mol. The molecule has 2 heterocycles. The first-order chi connectivity index (χ1) is 10.3. The summed E-state index contributed by atoms with van der Waals surface area (Å²) in [5.74, 6) is 0.167. The molecule has 0 aromatic heterocycles. The molecular weight excluding hydrogens is 295 g/mol. The maximum Gasteiger partial charge on any atom is 0.422 e. The SMILES string of the molecule is CN1C2CCC1CC(O)(c1ccc(OCC(F)(F)F)cc1)C2. The molecule has 122 valence electrons. The Morgan fingerprint density at radius 3 is 2.23 bits per heavy atom. The van der Waals surface area contributed by atoms with Crippen LogP contribution >= 0.6 is 0 Å². The van der Waals surface area contributed by atoms with E-state index in [1.165, 1.54) is 12.1 Å². The van der Waals surface area contributed by atoms with Gasteiger partial charge >= 0.3 is 6.18 Å². The minimum absolute atomic E-state index is 0.167. The van der Waals surface area contributed by atoms with Crippen LogP contribution in [0.25, 0.3) is 0 Å². The standard InChI is InChI=1S/C16H20F3NO2/c1-20-12-4-5-13(20)9-15(21,8-12)11-2-6-14(7-3-11)22-10-16(17,18)19/h2-3,6-7,12-13,21H,4-5,8-10H2,1H3. The van der Waals surface area contributed by atoms with E-state index in [0.717, 1.165) is 18.4 Å². The van der Waals surface area contributed by atoms with Crippen molar-refractivity contribution in [2.75, 3.05) is 13.7 Å². The molecule has 1 aromatic carbocycles.